The molecule has 0 amide bonds. The number of halogens is 4. The maximum absolute atomic E-state index is 13.2. The number of pyridine rings is 1. The smallest absolute Gasteiger partial charge is 0.340 e. The molecule has 1 aliphatic rings. The van der Waals surface area contributed by atoms with Crippen molar-refractivity contribution in [3.63, 3.8) is 0 Å². The number of nitrogens with zero attached hydrogens (tertiary/aromatic N) is 4. The van der Waals surface area contributed by atoms with Gasteiger partial charge in [0.05, 0.1) is 21.8 Å². The first kappa shape index (κ1) is 19.0. The highest BCUT2D eigenvalue weighted by Crippen LogP contribution is 2.38. The van der Waals surface area contributed by atoms with Crippen LogP contribution in [0.4, 0.5) is 24.7 Å². The second-order valence-corrected chi connectivity index (χ2v) is 7.93. The predicted octanol–water partition coefficient (Wildman–Crippen LogP) is 7.04. The maximum atomic E-state index is 13.2. The molecule has 30 heavy (non-hydrogen) atoms. The Kier molecular flexibility index (Phi) is 4.44. The zero-order valence-electron chi connectivity index (χ0n) is 15.0. The summed E-state index contributed by atoms with van der Waals surface area (Å²) in [6.45, 7) is 0.406. The van der Waals surface area contributed by atoms with E-state index in [9.17, 15) is 13.2 Å². The molecule has 0 atom stereocenters. The number of nitrogens with one attached hydrogen (secondary N) is 1. The second-order valence-electron chi connectivity index (χ2n) is 6.61. The lowest BCUT2D eigenvalue weighted by atomic mass is 10.1. The molecule has 0 saturated heterocycles. The molecule has 0 radical (unpaired) electrons. The largest absolute Gasteiger partial charge is 0.417 e. The summed E-state index contributed by atoms with van der Waals surface area (Å²) in [7, 11) is 0. The molecule has 1 aliphatic heterocycles. The number of alkyl halides is 3. The summed E-state index contributed by atoms with van der Waals surface area (Å²) in [5.41, 5.74) is 1.65. The quantitative estimate of drug-likeness (QED) is 0.367. The van der Waals surface area contributed by atoms with Crippen molar-refractivity contribution < 1.29 is 13.2 Å². The highest BCUT2D eigenvalue weighted by molar-refractivity contribution is 7.18. The van der Waals surface area contributed by atoms with Gasteiger partial charge in [-0.25, -0.2) is 4.98 Å². The van der Waals surface area contributed by atoms with Crippen LogP contribution in [0.5, 0.6) is 0 Å². The summed E-state index contributed by atoms with van der Waals surface area (Å²) in [4.78, 5) is 4.68. The van der Waals surface area contributed by atoms with Crippen LogP contribution in [-0.4, -0.2) is 17.2 Å². The number of hydrogen-bond donors (Lipinski definition) is 1. The fourth-order valence-electron chi connectivity index (χ4n) is 3.30. The summed E-state index contributed by atoms with van der Waals surface area (Å²) in [6, 6.07) is 11.4. The van der Waals surface area contributed by atoms with Gasteiger partial charge >= 0.3 is 6.18 Å². The Morgan fingerprint density at radius 1 is 1.03 bits per heavy atom. The highest BCUT2D eigenvalue weighted by Gasteiger charge is 2.33. The van der Waals surface area contributed by atoms with Crippen LogP contribution < -0.4 is 5.32 Å². The minimum atomic E-state index is -4.55. The summed E-state index contributed by atoms with van der Waals surface area (Å²) in [6.07, 6.45) is -4.55. The molecule has 5 nitrogen and oxygen atoms in total. The van der Waals surface area contributed by atoms with Crippen molar-refractivity contribution in [2.24, 2.45) is 15.4 Å². The standard InChI is InChI=1S/C20H11ClF3N5S/c21-15-4-2-11(8-14(15)20(22,23)24)26-19-13-5-6-30-18(13)12-3-1-10(7-16(12)27-19)17-9-25-29-28-17/h1-8H,9H2,(H,26,27). The zero-order valence-corrected chi connectivity index (χ0v) is 16.6. The SMILES string of the molecule is FC(F)(F)c1cc(Nc2nc3cc(C4=NN=NC4)ccc3c3sccc23)ccc1Cl. The molecule has 1 N–H and O–H groups in total. The summed E-state index contributed by atoms with van der Waals surface area (Å²) < 4.78 is 40.6. The van der Waals surface area contributed by atoms with Crippen LogP contribution in [0, 0.1) is 0 Å². The molecule has 4 aromatic rings. The van der Waals surface area contributed by atoms with Crippen LogP contribution in [0.3, 0.4) is 0 Å². The van der Waals surface area contributed by atoms with Crippen LogP contribution in [0.2, 0.25) is 5.02 Å². The van der Waals surface area contributed by atoms with Crippen molar-refractivity contribution >= 4 is 61.1 Å². The van der Waals surface area contributed by atoms with Gasteiger partial charge in [-0.3, -0.25) is 0 Å². The number of benzene rings is 2. The molecule has 5 rings (SSSR count). The van der Waals surface area contributed by atoms with Crippen molar-refractivity contribution in [1.82, 2.24) is 4.98 Å². The number of fused-ring (bicyclic) bond motifs is 3. The lowest BCUT2D eigenvalue weighted by Crippen LogP contribution is -2.07. The van der Waals surface area contributed by atoms with Crippen molar-refractivity contribution in [3.05, 3.63) is 64.0 Å². The molecule has 0 bridgehead atoms. The number of rotatable bonds is 3. The van der Waals surface area contributed by atoms with Gasteiger partial charge in [-0.2, -0.15) is 18.3 Å². The van der Waals surface area contributed by atoms with Crippen molar-refractivity contribution in [1.29, 1.82) is 0 Å². The van der Waals surface area contributed by atoms with Gasteiger partial charge in [0.25, 0.3) is 0 Å². The van der Waals surface area contributed by atoms with E-state index in [4.69, 9.17) is 11.6 Å². The van der Waals surface area contributed by atoms with Crippen LogP contribution in [-0.2, 0) is 6.18 Å². The van der Waals surface area contributed by atoms with Crippen molar-refractivity contribution in [2.45, 2.75) is 6.18 Å². The van der Waals surface area contributed by atoms with E-state index in [-0.39, 0.29) is 10.7 Å². The molecule has 150 valence electrons. The second kappa shape index (κ2) is 7.03. The van der Waals surface area contributed by atoms with E-state index in [1.165, 1.54) is 12.1 Å². The van der Waals surface area contributed by atoms with Gasteiger partial charge in [0, 0.05) is 26.7 Å². The Morgan fingerprint density at radius 3 is 2.67 bits per heavy atom. The maximum Gasteiger partial charge on any atom is 0.417 e. The molecule has 0 unspecified atom stereocenters. The molecule has 0 spiro atoms. The monoisotopic (exact) mass is 445 g/mol. The first-order valence-electron chi connectivity index (χ1n) is 8.78. The van der Waals surface area contributed by atoms with E-state index in [1.54, 1.807) is 11.3 Å². The third-order valence-electron chi connectivity index (χ3n) is 4.71. The Morgan fingerprint density at radius 2 is 1.90 bits per heavy atom. The van der Waals surface area contributed by atoms with Gasteiger partial charge in [-0.1, -0.05) is 23.7 Å². The Hall–Kier alpha value is -3.04. The number of hydrogen-bond acceptors (Lipinski definition) is 6. The van der Waals surface area contributed by atoms with Crippen LogP contribution in [0.25, 0.3) is 21.0 Å². The van der Waals surface area contributed by atoms with E-state index >= 15 is 0 Å². The van der Waals surface area contributed by atoms with Gasteiger partial charge in [0.2, 0.25) is 0 Å². The van der Waals surface area contributed by atoms with E-state index in [0.717, 1.165) is 32.8 Å². The molecule has 0 saturated carbocycles. The molecule has 0 fully saturated rings. The lowest BCUT2D eigenvalue weighted by molar-refractivity contribution is -0.137. The lowest BCUT2D eigenvalue weighted by Gasteiger charge is -2.13. The molecular formula is C20H11ClF3N5S. The first-order valence-corrected chi connectivity index (χ1v) is 10.0. The molecular weight excluding hydrogens is 435 g/mol. The third-order valence-corrected chi connectivity index (χ3v) is 5.99. The number of aromatic nitrogens is 1. The summed E-state index contributed by atoms with van der Waals surface area (Å²) >= 11 is 7.27. The molecule has 2 aromatic carbocycles. The topological polar surface area (TPSA) is 62.0 Å². The average Bonchev–Trinajstić information content (AvgIpc) is 3.40. The molecule has 3 heterocycles. The van der Waals surface area contributed by atoms with E-state index in [2.05, 4.69) is 25.7 Å². The highest BCUT2D eigenvalue weighted by atomic mass is 35.5. The zero-order chi connectivity index (χ0) is 20.9. The Bertz CT molecular complexity index is 1360. The fourth-order valence-corrected chi connectivity index (χ4v) is 4.45. The van der Waals surface area contributed by atoms with Gasteiger partial charge in [-0.15, -0.1) is 16.4 Å². The predicted molar refractivity (Wildman–Crippen MR) is 113 cm³/mol. The van der Waals surface area contributed by atoms with Gasteiger partial charge in [-0.05, 0) is 40.9 Å². The fraction of sp³-hybridized carbons (Fsp3) is 0.100. The average molecular weight is 446 g/mol. The first-order chi connectivity index (χ1) is 14.4. The van der Waals surface area contributed by atoms with Crippen LogP contribution in [0.15, 0.2) is 63.3 Å². The minimum Gasteiger partial charge on any atom is -0.340 e. The van der Waals surface area contributed by atoms with Crippen LogP contribution in [0.1, 0.15) is 11.1 Å². The van der Waals surface area contributed by atoms with E-state index < -0.39 is 11.7 Å². The van der Waals surface area contributed by atoms with E-state index in [0.29, 0.717) is 17.9 Å². The minimum absolute atomic E-state index is 0.250. The molecule has 2 aromatic heterocycles. The van der Waals surface area contributed by atoms with E-state index in [1.807, 2.05) is 29.6 Å². The molecule has 10 heteroatoms. The summed E-state index contributed by atoms with van der Waals surface area (Å²) in [5, 5.41) is 17.9. The van der Waals surface area contributed by atoms with Gasteiger partial charge in [0.1, 0.15) is 12.4 Å². The van der Waals surface area contributed by atoms with Crippen molar-refractivity contribution in [2.75, 3.05) is 11.9 Å². The van der Waals surface area contributed by atoms with Crippen molar-refractivity contribution in [3.8, 4) is 0 Å². The van der Waals surface area contributed by atoms with Gasteiger partial charge < -0.3 is 5.32 Å². The Labute approximate surface area is 176 Å². The Balaban J connectivity index is 1.62. The van der Waals surface area contributed by atoms with Gasteiger partial charge in [0.15, 0.2) is 0 Å². The summed E-state index contributed by atoms with van der Waals surface area (Å²) in [5.74, 6) is 0.467. The normalized spacial score (nSPS) is 13.9. The third kappa shape index (κ3) is 3.29. The molecule has 0 aliphatic carbocycles. The van der Waals surface area contributed by atoms with Crippen LogP contribution >= 0.6 is 22.9 Å². The number of anilines is 2. The number of thiophene rings is 1.